The molecule has 2 rings (SSSR count). The number of hydrogen-bond donors (Lipinski definition) is 2. The van der Waals surface area contributed by atoms with Crippen LogP contribution in [0.25, 0.3) is 10.9 Å². The van der Waals surface area contributed by atoms with Gasteiger partial charge in [0.25, 0.3) is 5.91 Å². The van der Waals surface area contributed by atoms with Crippen molar-refractivity contribution in [3.8, 4) is 0 Å². The van der Waals surface area contributed by atoms with Crippen LogP contribution in [0, 0.1) is 0 Å². The molecule has 1 atom stereocenters. The molecule has 2 N–H and O–H groups in total. The Balaban J connectivity index is 2.33. The van der Waals surface area contributed by atoms with E-state index >= 15 is 0 Å². The van der Waals surface area contributed by atoms with Gasteiger partial charge in [0, 0.05) is 28.3 Å². The van der Waals surface area contributed by atoms with Gasteiger partial charge in [0.15, 0.2) is 0 Å². The Kier molecular flexibility index (Phi) is 6.21. The minimum atomic E-state index is -0.547. The third kappa shape index (κ3) is 4.40. The van der Waals surface area contributed by atoms with E-state index in [2.05, 4.69) is 28.8 Å². The second-order valence-corrected chi connectivity index (χ2v) is 6.58. The third-order valence-corrected chi connectivity index (χ3v) is 4.42. The Morgan fingerprint density at radius 2 is 2.20 bits per heavy atom. The van der Waals surface area contributed by atoms with Crippen LogP contribution in [0.1, 0.15) is 44.1 Å². The Morgan fingerprint density at radius 3 is 2.84 bits per heavy atom. The van der Waals surface area contributed by atoms with Crippen LogP contribution in [-0.4, -0.2) is 22.6 Å². The van der Waals surface area contributed by atoms with Crippen LogP contribution >= 0.6 is 11.6 Å². The van der Waals surface area contributed by atoms with E-state index in [9.17, 15) is 4.79 Å². The lowest BCUT2D eigenvalue weighted by Crippen LogP contribution is -2.47. The standard InChI is InChI=1S/C20H24ClN3O/c1-5-10-20(4,15(6-2)13-22-7-3)24-19(25)18-12-14-11-16(21)8-9-17(14)23-18/h6-9,11-13,23H,2,5,10H2,1,3-4H3,(H,24,25)/b15-13+,22-7?. The first-order valence-electron chi connectivity index (χ1n) is 8.35. The van der Waals surface area contributed by atoms with Crippen LogP contribution in [0.4, 0.5) is 0 Å². The van der Waals surface area contributed by atoms with E-state index in [1.807, 2.05) is 32.0 Å². The quantitative estimate of drug-likeness (QED) is 0.514. The van der Waals surface area contributed by atoms with E-state index in [-0.39, 0.29) is 5.91 Å². The van der Waals surface area contributed by atoms with Gasteiger partial charge in [-0.1, -0.05) is 37.6 Å². The number of carbonyl (C=O) groups is 1. The minimum absolute atomic E-state index is 0.170. The van der Waals surface area contributed by atoms with E-state index in [1.54, 1.807) is 24.6 Å². The van der Waals surface area contributed by atoms with Gasteiger partial charge in [-0.2, -0.15) is 0 Å². The first-order valence-corrected chi connectivity index (χ1v) is 8.73. The summed E-state index contributed by atoms with van der Waals surface area (Å²) in [5.41, 5.74) is 1.71. The fourth-order valence-corrected chi connectivity index (χ4v) is 3.08. The van der Waals surface area contributed by atoms with E-state index in [4.69, 9.17) is 11.6 Å². The molecule has 4 nitrogen and oxygen atoms in total. The Bertz CT molecular complexity index is 835. The molecule has 0 aliphatic carbocycles. The number of benzene rings is 1. The van der Waals surface area contributed by atoms with Crippen molar-refractivity contribution in [3.63, 3.8) is 0 Å². The highest BCUT2D eigenvalue weighted by atomic mass is 35.5. The number of carbonyl (C=O) groups excluding carboxylic acids is 1. The van der Waals surface area contributed by atoms with Gasteiger partial charge in [0.05, 0.1) is 5.54 Å². The van der Waals surface area contributed by atoms with Gasteiger partial charge >= 0.3 is 0 Å². The molecule has 2 aromatic rings. The number of aromatic nitrogens is 1. The number of amides is 1. The zero-order chi connectivity index (χ0) is 18.4. The van der Waals surface area contributed by atoms with Gasteiger partial charge in [-0.25, -0.2) is 0 Å². The van der Waals surface area contributed by atoms with Crippen molar-refractivity contribution in [1.82, 2.24) is 10.3 Å². The smallest absolute Gasteiger partial charge is 0.268 e. The molecular weight excluding hydrogens is 334 g/mol. The summed E-state index contributed by atoms with van der Waals surface area (Å²) in [5, 5.41) is 4.68. The molecule has 1 unspecified atom stereocenters. The molecule has 0 bridgehead atoms. The molecule has 5 heteroatoms. The molecule has 1 heterocycles. The van der Waals surface area contributed by atoms with Crippen LogP contribution in [0.15, 0.2) is 53.7 Å². The number of aliphatic imine (C=N–C) groups is 1. The molecule has 0 radical (unpaired) electrons. The second kappa shape index (κ2) is 8.17. The van der Waals surface area contributed by atoms with Gasteiger partial charge in [-0.05, 0) is 50.1 Å². The number of nitrogens with one attached hydrogen (secondary N) is 2. The zero-order valence-corrected chi connectivity index (χ0v) is 15.7. The summed E-state index contributed by atoms with van der Waals surface area (Å²) >= 11 is 6.02. The summed E-state index contributed by atoms with van der Waals surface area (Å²) in [7, 11) is 0. The van der Waals surface area contributed by atoms with Crippen molar-refractivity contribution < 1.29 is 4.79 Å². The fraction of sp³-hybridized carbons (Fsp3) is 0.300. The number of aromatic amines is 1. The molecule has 1 amide bonds. The van der Waals surface area contributed by atoms with Gasteiger partial charge in [-0.3, -0.25) is 9.79 Å². The first-order chi connectivity index (χ1) is 11.9. The molecule has 0 saturated carbocycles. The Morgan fingerprint density at radius 1 is 1.44 bits per heavy atom. The molecule has 25 heavy (non-hydrogen) atoms. The highest BCUT2D eigenvalue weighted by molar-refractivity contribution is 6.31. The number of hydrogen-bond acceptors (Lipinski definition) is 2. The minimum Gasteiger partial charge on any atom is -0.351 e. The van der Waals surface area contributed by atoms with Crippen molar-refractivity contribution in [2.45, 2.75) is 39.2 Å². The van der Waals surface area contributed by atoms with Crippen molar-refractivity contribution in [3.05, 3.63) is 59.4 Å². The summed E-state index contributed by atoms with van der Waals surface area (Å²) < 4.78 is 0. The second-order valence-electron chi connectivity index (χ2n) is 6.15. The Hall–Kier alpha value is -2.33. The molecule has 1 aromatic carbocycles. The lowest BCUT2D eigenvalue weighted by Gasteiger charge is -2.31. The lowest BCUT2D eigenvalue weighted by atomic mass is 9.87. The van der Waals surface area contributed by atoms with Crippen molar-refractivity contribution >= 4 is 34.6 Å². The van der Waals surface area contributed by atoms with Crippen LogP contribution in [0.3, 0.4) is 0 Å². The fourth-order valence-electron chi connectivity index (χ4n) is 2.90. The maximum Gasteiger partial charge on any atom is 0.268 e. The maximum atomic E-state index is 12.8. The average Bonchev–Trinajstić information content (AvgIpc) is 2.99. The molecule has 1 aromatic heterocycles. The highest BCUT2D eigenvalue weighted by Crippen LogP contribution is 2.25. The molecule has 0 spiro atoms. The summed E-state index contributed by atoms with van der Waals surface area (Å²) in [4.78, 5) is 20.1. The molecule has 132 valence electrons. The molecule has 0 fully saturated rings. The normalized spacial score (nSPS) is 14.6. The summed E-state index contributed by atoms with van der Waals surface area (Å²) in [5.74, 6) is -0.170. The van der Waals surface area contributed by atoms with Crippen LogP contribution in [0.5, 0.6) is 0 Å². The van der Waals surface area contributed by atoms with E-state index in [1.165, 1.54) is 0 Å². The van der Waals surface area contributed by atoms with Gasteiger partial charge in [-0.15, -0.1) is 0 Å². The van der Waals surface area contributed by atoms with E-state index in [0.29, 0.717) is 10.7 Å². The topological polar surface area (TPSA) is 57.2 Å². The molecule has 0 saturated heterocycles. The summed E-state index contributed by atoms with van der Waals surface area (Å²) in [6, 6.07) is 7.31. The van der Waals surface area contributed by atoms with Crippen molar-refractivity contribution in [2.24, 2.45) is 4.99 Å². The zero-order valence-electron chi connectivity index (χ0n) is 14.9. The van der Waals surface area contributed by atoms with Gasteiger partial charge in [0.1, 0.15) is 5.69 Å². The molecule has 0 aliphatic heterocycles. The van der Waals surface area contributed by atoms with Crippen molar-refractivity contribution in [2.75, 3.05) is 0 Å². The van der Waals surface area contributed by atoms with Crippen molar-refractivity contribution in [1.29, 1.82) is 0 Å². The SMILES string of the molecule is C=C/C(=C\N=CC)C(C)(CCC)NC(=O)c1cc2cc(Cl)ccc2[nH]1. The lowest BCUT2D eigenvalue weighted by molar-refractivity contribution is 0.0912. The number of fused-ring (bicyclic) bond motifs is 1. The number of H-pyrrole nitrogens is 1. The largest absolute Gasteiger partial charge is 0.351 e. The first kappa shape index (κ1) is 19.0. The van der Waals surface area contributed by atoms with Crippen LogP contribution in [-0.2, 0) is 0 Å². The summed E-state index contributed by atoms with van der Waals surface area (Å²) in [6.45, 7) is 9.80. The summed E-state index contributed by atoms with van der Waals surface area (Å²) in [6.07, 6.45) is 6.89. The van der Waals surface area contributed by atoms with E-state index in [0.717, 1.165) is 29.3 Å². The number of nitrogens with zero attached hydrogens (tertiary/aromatic N) is 1. The van der Waals surface area contributed by atoms with Gasteiger partial charge < -0.3 is 10.3 Å². The van der Waals surface area contributed by atoms with E-state index < -0.39 is 5.54 Å². The number of halogens is 1. The molecular formula is C20H24ClN3O. The maximum absolute atomic E-state index is 12.8. The van der Waals surface area contributed by atoms with Crippen LogP contribution < -0.4 is 5.32 Å². The number of rotatable bonds is 7. The predicted molar refractivity (Wildman–Crippen MR) is 107 cm³/mol. The highest BCUT2D eigenvalue weighted by Gasteiger charge is 2.29. The Labute approximate surface area is 153 Å². The molecule has 0 aliphatic rings. The third-order valence-electron chi connectivity index (χ3n) is 4.19. The predicted octanol–water partition coefficient (Wildman–Crippen LogP) is 5.27. The van der Waals surface area contributed by atoms with Gasteiger partial charge in [0.2, 0.25) is 0 Å². The average molecular weight is 358 g/mol. The monoisotopic (exact) mass is 357 g/mol. The van der Waals surface area contributed by atoms with Crippen LogP contribution in [0.2, 0.25) is 5.02 Å².